The van der Waals surface area contributed by atoms with E-state index in [1.54, 1.807) is 30.3 Å². The first-order valence-corrected chi connectivity index (χ1v) is 13.6. The Kier molecular flexibility index (Phi) is 6.22. The molecule has 38 heavy (non-hydrogen) atoms. The number of hydrogen-bond donors (Lipinski definition) is 1. The maximum atomic E-state index is 13.2. The van der Waals surface area contributed by atoms with Gasteiger partial charge in [0.15, 0.2) is 5.75 Å². The van der Waals surface area contributed by atoms with Crippen molar-refractivity contribution in [3.05, 3.63) is 96.6 Å². The molecular weight excluding hydrogens is 526 g/mol. The second-order valence-corrected chi connectivity index (χ2v) is 10.8. The topological polar surface area (TPSA) is 113 Å². The lowest BCUT2D eigenvalue weighted by atomic mass is 10.1. The van der Waals surface area contributed by atoms with Gasteiger partial charge in [-0.1, -0.05) is 65.2 Å². The van der Waals surface area contributed by atoms with E-state index in [0.29, 0.717) is 21.6 Å². The van der Waals surface area contributed by atoms with Crippen LogP contribution in [0.2, 0.25) is 0 Å². The number of aryl methyl sites for hydroxylation is 1. The molecule has 0 aliphatic rings. The molecule has 0 saturated heterocycles. The molecule has 1 heterocycles. The third kappa shape index (κ3) is 4.46. The molecule has 0 aliphatic carbocycles. The molecule has 0 saturated carbocycles. The molecule has 0 spiro atoms. The molecule has 0 unspecified atom stereocenters. The highest BCUT2D eigenvalue weighted by Crippen LogP contribution is 2.35. The summed E-state index contributed by atoms with van der Waals surface area (Å²) in [5.41, 5.74) is 2.59. The number of nitrogens with zero attached hydrogens (tertiary/aromatic N) is 3. The fourth-order valence-electron chi connectivity index (χ4n) is 4.27. The minimum atomic E-state index is -4.12. The summed E-state index contributed by atoms with van der Waals surface area (Å²) in [6, 6.07) is 26.7. The molecule has 0 amide bonds. The van der Waals surface area contributed by atoms with Crippen molar-refractivity contribution in [3.8, 4) is 11.4 Å². The molecule has 0 aliphatic heterocycles. The zero-order valence-corrected chi connectivity index (χ0v) is 21.4. The normalized spacial score (nSPS) is 11.9. The molecule has 0 bridgehead atoms. The average Bonchev–Trinajstić information content (AvgIpc) is 3.36. The lowest BCUT2D eigenvalue weighted by Gasteiger charge is -2.13. The molecule has 1 N–H and O–H groups in total. The summed E-state index contributed by atoms with van der Waals surface area (Å²) in [4.78, 5) is 2.18. The standard InChI is InChI=1S/C27H19N3O6S2/c1-17-6-11-21(12-7-17)38(32,33)34-25-15-9-18-4-2-3-5-23(18)27(25)30-28-24-14-8-19-16-20(37-36-35-31)10-13-22(19)26(24)29-30/h2-16,31H,1H3. The van der Waals surface area contributed by atoms with E-state index in [4.69, 9.17) is 14.5 Å². The van der Waals surface area contributed by atoms with Crippen molar-refractivity contribution in [3.63, 3.8) is 0 Å². The Bertz CT molecular complexity index is 1920. The summed E-state index contributed by atoms with van der Waals surface area (Å²) in [7, 11) is -4.12. The Morgan fingerprint density at radius 2 is 1.63 bits per heavy atom. The van der Waals surface area contributed by atoms with Gasteiger partial charge in [0.25, 0.3) is 0 Å². The highest BCUT2D eigenvalue weighted by atomic mass is 32.2. The largest absolute Gasteiger partial charge is 0.377 e. The fourth-order valence-corrected chi connectivity index (χ4v) is 5.62. The molecule has 11 heteroatoms. The molecule has 0 atom stereocenters. The fraction of sp³-hybridized carbons (Fsp3) is 0.0370. The molecule has 5 aromatic carbocycles. The van der Waals surface area contributed by atoms with Crippen LogP contribution < -0.4 is 4.18 Å². The number of rotatable bonds is 7. The van der Waals surface area contributed by atoms with Crippen LogP contribution in [0.25, 0.3) is 38.3 Å². The van der Waals surface area contributed by atoms with E-state index in [-0.39, 0.29) is 10.6 Å². The highest BCUT2D eigenvalue weighted by molar-refractivity contribution is 7.94. The van der Waals surface area contributed by atoms with Gasteiger partial charge in [0.2, 0.25) is 0 Å². The quantitative estimate of drug-likeness (QED) is 0.108. The van der Waals surface area contributed by atoms with Gasteiger partial charge < -0.3 is 4.18 Å². The van der Waals surface area contributed by atoms with Gasteiger partial charge in [-0.3, -0.25) is 0 Å². The van der Waals surface area contributed by atoms with Crippen LogP contribution in [0.15, 0.2) is 101 Å². The Balaban J connectivity index is 1.51. The van der Waals surface area contributed by atoms with Crippen molar-refractivity contribution >= 4 is 54.7 Å². The van der Waals surface area contributed by atoms with Crippen LogP contribution in [0.4, 0.5) is 0 Å². The first-order valence-electron chi connectivity index (χ1n) is 11.4. The molecular formula is C27H19N3O6S2. The highest BCUT2D eigenvalue weighted by Gasteiger charge is 2.22. The van der Waals surface area contributed by atoms with Crippen LogP contribution in [0.5, 0.6) is 5.75 Å². The lowest BCUT2D eigenvalue weighted by molar-refractivity contribution is -0.432. The minimum Gasteiger partial charge on any atom is -0.377 e. The van der Waals surface area contributed by atoms with E-state index in [0.717, 1.165) is 39.2 Å². The minimum absolute atomic E-state index is 0.0519. The SMILES string of the molecule is Cc1ccc(S(=O)(=O)Oc2ccc3ccccc3c2-n2nc3ccc4cc(SOOO)ccc4c3n2)cc1. The van der Waals surface area contributed by atoms with E-state index in [2.05, 4.69) is 14.5 Å². The summed E-state index contributed by atoms with van der Waals surface area (Å²) >= 11 is 0.863. The lowest BCUT2D eigenvalue weighted by Crippen LogP contribution is -2.12. The van der Waals surface area contributed by atoms with Crippen LogP contribution in [0.3, 0.4) is 0 Å². The Labute approximate surface area is 221 Å². The second-order valence-electron chi connectivity index (χ2n) is 8.52. The van der Waals surface area contributed by atoms with E-state index in [1.165, 1.54) is 16.9 Å². The van der Waals surface area contributed by atoms with Crippen LogP contribution >= 0.6 is 12.0 Å². The Morgan fingerprint density at radius 3 is 2.45 bits per heavy atom. The van der Waals surface area contributed by atoms with E-state index < -0.39 is 10.1 Å². The molecule has 0 fully saturated rings. The zero-order chi connectivity index (χ0) is 26.3. The van der Waals surface area contributed by atoms with Gasteiger partial charge in [0, 0.05) is 15.7 Å². The van der Waals surface area contributed by atoms with Crippen LogP contribution in [-0.4, -0.2) is 28.7 Å². The summed E-state index contributed by atoms with van der Waals surface area (Å²) in [6.45, 7) is 1.88. The van der Waals surface area contributed by atoms with Gasteiger partial charge in [-0.2, -0.15) is 8.42 Å². The molecule has 190 valence electrons. The molecule has 6 rings (SSSR count). The van der Waals surface area contributed by atoms with Gasteiger partial charge in [0.1, 0.15) is 21.6 Å². The maximum Gasteiger partial charge on any atom is 0.339 e. The van der Waals surface area contributed by atoms with E-state index in [1.807, 2.05) is 55.5 Å². The molecule has 9 nitrogen and oxygen atoms in total. The van der Waals surface area contributed by atoms with Gasteiger partial charge in [-0.05, 0) is 54.1 Å². The summed E-state index contributed by atoms with van der Waals surface area (Å²) < 4.78 is 36.6. The summed E-state index contributed by atoms with van der Waals surface area (Å²) in [5.74, 6) is 0.105. The van der Waals surface area contributed by atoms with Gasteiger partial charge in [-0.15, -0.1) is 19.3 Å². The van der Waals surface area contributed by atoms with E-state index >= 15 is 0 Å². The Hall–Kier alpha value is -4.00. The van der Waals surface area contributed by atoms with Crippen molar-refractivity contribution in [2.24, 2.45) is 0 Å². The number of aromatic nitrogens is 3. The van der Waals surface area contributed by atoms with Crippen molar-refractivity contribution in [1.82, 2.24) is 15.0 Å². The molecule has 1 aromatic heterocycles. The maximum absolute atomic E-state index is 13.2. The van der Waals surface area contributed by atoms with Crippen molar-refractivity contribution in [1.29, 1.82) is 0 Å². The van der Waals surface area contributed by atoms with Gasteiger partial charge in [-0.25, -0.2) is 5.26 Å². The first kappa shape index (κ1) is 24.3. The van der Waals surface area contributed by atoms with Crippen molar-refractivity contribution in [2.45, 2.75) is 16.7 Å². The first-order chi connectivity index (χ1) is 18.4. The van der Waals surface area contributed by atoms with Crippen molar-refractivity contribution in [2.75, 3.05) is 0 Å². The predicted molar refractivity (Wildman–Crippen MR) is 144 cm³/mol. The molecule has 0 radical (unpaired) electrons. The molecule has 6 aromatic rings. The van der Waals surface area contributed by atoms with Crippen LogP contribution in [-0.2, 0) is 19.5 Å². The average molecular weight is 546 g/mol. The number of fused-ring (bicyclic) bond motifs is 4. The van der Waals surface area contributed by atoms with Crippen LogP contribution in [0, 0.1) is 6.92 Å². The second kappa shape index (κ2) is 9.71. The van der Waals surface area contributed by atoms with E-state index in [9.17, 15) is 8.42 Å². The monoisotopic (exact) mass is 545 g/mol. The Morgan fingerprint density at radius 1 is 0.842 bits per heavy atom. The predicted octanol–water partition coefficient (Wildman–Crippen LogP) is 6.23. The summed E-state index contributed by atoms with van der Waals surface area (Å²) in [6.07, 6.45) is 0. The number of benzene rings is 5. The third-order valence-electron chi connectivity index (χ3n) is 6.07. The smallest absolute Gasteiger partial charge is 0.339 e. The van der Waals surface area contributed by atoms with Gasteiger partial charge in [0.05, 0.1) is 12.0 Å². The van der Waals surface area contributed by atoms with Crippen LogP contribution in [0.1, 0.15) is 5.56 Å². The van der Waals surface area contributed by atoms with Gasteiger partial charge >= 0.3 is 10.1 Å². The number of hydrogen-bond acceptors (Lipinski definition) is 9. The van der Waals surface area contributed by atoms with Crippen molar-refractivity contribution < 1.29 is 27.2 Å². The summed E-state index contributed by atoms with van der Waals surface area (Å²) in [5, 5.41) is 24.8. The third-order valence-corrected chi connectivity index (χ3v) is 7.90. The zero-order valence-electron chi connectivity index (χ0n) is 19.8.